The lowest BCUT2D eigenvalue weighted by Crippen LogP contribution is -2.40. The van der Waals surface area contributed by atoms with Crippen molar-refractivity contribution >= 4 is 11.8 Å². The molecule has 1 aromatic rings. The average Bonchev–Trinajstić information content (AvgIpc) is 2.54. The number of alkyl carbamates (subject to hydrolysis) is 1. The number of piperidine rings is 1. The van der Waals surface area contributed by atoms with Crippen molar-refractivity contribution in [2.75, 3.05) is 31.1 Å². The number of hydrogen-bond acceptors (Lipinski definition) is 4. The van der Waals surface area contributed by atoms with Crippen LogP contribution in [0.25, 0.3) is 0 Å². The van der Waals surface area contributed by atoms with Crippen molar-refractivity contribution in [3.63, 3.8) is 0 Å². The molecule has 25 heavy (non-hydrogen) atoms. The molecule has 2 rings (SSSR count). The van der Waals surface area contributed by atoms with E-state index in [1.165, 1.54) is 6.07 Å². The molecule has 140 valence electrons. The van der Waals surface area contributed by atoms with Crippen LogP contribution in [0.3, 0.4) is 0 Å². The number of para-hydroxylation sites is 1. The molecule has 0 spiro atoms. The number of rotatable bonds is 5. The summed E-state index contributed by atoms with van der Waals surface area (Å²) in [6.45, 7) is 10.0. The minimum atomic E-state index is -0.486. The molecule has 6 heteroatoms. The van der Waals surface area contributed by atoms with E-state index in [-0.39, 0.29) is 11.9 Å². The molecule has 1 N–H and O–H groups in total. The summed E-state index contributed by atoms with van der Waals surface area (Å²) >= 11 is 0. The summed E-state index contributed by atoms with van der Waals surface area (Å²) in [5, 5.41) is 2.84. The Bertz CT molecular complexity index is 579. The van der Waals surface area contributed by atoms with Gasteiger partial charge < -0.3 is 19.7 Å². The van der Waals surface area contributed by atoms with E-state index < -0.39 is 5.60 Å². The van der Waals surface area contributed by atoms with Crippen molar-refractivity contribution in [3.8, 4) is 5.75 Å². The molecule has 5 nitrogen and oxygen atoms in total. The topological polar surface area (TPSA) is 50.8 Å². The largest absolute Gasteiger partial charge is 0.489 e. The van der Waals surface area contributed by atoms with Crippen molar-refractivity contribution in [2.45, 2.75) is 46.1 Å². The fourth-order valence-corrected chi connectivity index (χ4v) is 2.95. The average molecular weight is 352 g/mol. The second-order valence-electron chi connectivity index (χ2n) is 7.33. The Kier molecular flexibility index (Phi) is 6.51. The van der Waals surface area contributed by atoms with Crippen LogP contribution in [0, 0.1) is 11.7 Å². The molecule has 0 atom stereocenters. The van der Waals surface area contributed by atoms with Crippen LogP contribution in [-0.4, -0.2) is 37.9 Å². The quantitative estimate of drug-likeness (QED) is 0.871. The van der Waals surface area contributed by atoms with E-state index in [1.54, 1.807) is 6.07 Å². The molecular weight excluding hydrogens is 323 g/mol. The molecule has 0 radical (unpaired) electrons. The number of benzene rings is 1. The van der Waals surface area contributed by atoms with E-state index in [4.69, 9.17) is 9.47 Å². The van der Waals surface area contributed by atoms with Gasteiger partial charge in [0.05, 0.1) is 12.3 Å². The summed E-state index contributed by atoms with van der Waals surface area (Å²) in [6, 6.07) is 5.03. The van der Waals surface area contributed by atoms with Crippen LogP contribution in [0.15, 0.2) is 18.2 Å². The van der Waals surface area contributed by atoms with Gasteiger partial charge in [0.1, 0.15) is 5.60 Å². The monoisotopic (exact) mass is 352 g/mol. The van der Waals surface area contributed by atoms with E-state index in [9.17, 15) is 9.18 Å². The maximum atomic E-state index is 14.0. The summed E-state index contributed by atoms with van der Waals surface area (Å²) in [6.07, 6.45) is 1.48. The van der Waals surface area contributed by atoms with E-state index >= 15 is 0 Å². The zero-order valence-corrected chi connectivity index (χ0v) is 15.6. The molecule has 0 aromatic heterocycles. The van der Waals surface area contributed by atoms with Gasteiger partial charge in [-0.3, -0.25) is 0 Å². The lowest BCUT2D eigenvalue weighted by Gasteiger charge is -2.34. The molecule has 0 aliphatic carbocycles. The lowest BCUT2D eigenvalue weighted by atomic mass is 9.96. The Labute approximate surface area is 149 Å². The molecule has 0 saturated carbocycles. The minimum Gasteiger partial charge on any atom is -0.489 e. The summed E-state index contributed by atoms with van der Waals surface area (Å²) < 4.78 is 24.7. The number of nitrogens with zero attached hydrogens (tertiary/aromatic N) is 1. The second kappa shape index (κ2) is 8.41. The van der Waals surface area contributed by atoms with Crippen molar-refractivity contribution in [2.24, 2.45) is 5.92 Å². The van der Waals surface area contributed by atoms with Gasteiger partial charge in [0.25, 0.3) is 0 Å². The smallest absolute Gasteiger partial charge is 0.407 e. The SMILES string of the molecule is CCOc1c(F)cccc1N1CCC(CNC(=O)OC(C)(C)C)CC1. The Morgan fingerprint density at radius 1 is 1.32 bits per heavy atom. The lowest BCUT2D eigenvalue weighted by molar-refractivity contribution is 0.0517. The van der Waals surface area contributed by atoms with Crippen LogP contribution in [0.1, 0.15) is 40.5 Å². The molecule has 0 bridgehead atoms. The van der Waals surface area contributed by atoms with Crippen molar-refractivity contribution < 1.29 is 18.7 Å². The highest BCUT2D eigenvalue weighted by Crippen LogP contribution is 2.33. The Hall–Kier alpha value is -1.98. The van der Waals surface area contributed by atoms with Gasteiger partial charge in [-0.25, -0.2) is 9.18 Å². The van der Waals surface area contributed by atoms with Gasteiger partial charge in [0, 0.05) is 19.6 Å². The van der Waals surface area contributed by atoms with Gasteiger partial charge in [0.15, 0.2) is 11.6 Å². The van der Waals surface area contributed by atoms with Gasteiger partial charge in [0.2, 0.25) is 0 Å². The highest BCUT2D eigenvalue weighted by atomic mass is 19.1. The van der Waals surface area contributed by atoms with Crippen molar-refractivity contribution in [1.82, 2.24) is 5.32 Å². The maximum Gasteiger partial charge on any atom is 0.407 e. The highest BCUT2D eigenvalue weighted by Gasteiger charge is 2.24. The zero-order chi connectivity index (χ0) is 18.4. The van der Waals surface area contributed by atoms with Crippen molar-refractivity contribution in [1.29, 1.82) is 0 Å². The minimum absolute atomic E-state index is 0.326. The highest BCUT2D eigenvalue weighted by molar-refractivity contribution is 5.67. The van der Waals surface area contributed by atoms with Gasteiger partial charge in [-0.15, -0.1) is 0 Å². The summed E-state index contributed by atoms with van der Waals surface area (Å²) in [4.78, 5) is 13.9. The van der Waals surface area contributed by atoms with E-state index in [0.717, 1.165) is 31.6 Å². The van der Waals surface area contributed by atoms with Crippen LogP contribution in [0.2, 0.25) is 0 Å². The number of ether oxygens (including phenoxy) is 2. The van der Waals surface area contributed by atoms with Crippen LogP contribution in [-0.2, 0) is 4.74 Å². The fourth-order valence-electron chi connectivity index (χ4n) is 2.95. The van der Waals surface area contributed by atoms with E-state index in [0.29, 0.717) is 24.8 Å². The van der Waals surface area contributed by atoms with Crippen LogP contribution >= 0.6 is 0 Å². The van der Waals surface area contributed by atoms with Gasteiger partial charge in [-0.05, 0) is 58.6 Å². The van der Waals surface area contributed by atoms with Gasteiger partial charge in [-0.1, -0.05) is 6.07 Å². The maximum absolute atomic E-state index is 14.0. The third kappa shape index (κ3) is 5.80. The third-order valence-electron chi connectivity index (χ3n) is 4.12. The van der Waals surface area contributed by atoms with Gasteiger partial charge >= 0.3 is 6.09 Å². The number of halogens is 1. The summed E-state index contributed by atoms with van der Waals surface area (Å²) in [5.74, 6) is 0.399. The Morgan fingerprint density at radius 2 is 2.00 bits per heavy atom. The van der Waals surface area contributed by atoms with Gasteiger partial charge in [-0.2, -0.15) is 0 Å². The molecule has 1 aliphatic rings. The first-order chi connectivity index (χ1) is 11.8. The first-order valence-corrected chi connectivity index (χ1v) is 8.93. The number of nitrogens with one attached hydrogen (secondary N) is 1. The third-order valence-corrected chi connectivity index (χ3v) is 4.12. The van der Waals surface area contributed by atoms with Crippen LogP contribution in [0.5, 0.6) is 5.75 Å². The predicted octanol–water partition coefficient (Wildman–Crippen LogP) is 3.97. The molecule has 1 saturated heterocycles. The Morgan fingerprint density at radius 3 is 2.60 bits per heavy atom. The zero-order valence-electron chi connectivity index (χ0n) is 15.6. The number of carbonyl (C=O) groups is 1. The standard InChI is InChI=1S/C19H29FN2O3/c1-5-24-17-15(20)7-6-8-16(17)22-11-9-14(10-12-22)13-21-18(23)25-19(2,3)4/h6-8,14H,5,9-13H2,1-4H3,(H,21,23). The molecule has 0 unspecified atom stereocenters. The second-order valence-corrected chi connectivity index (χ2v) is 7.33. The molecular formula is C19H29FN2O3. The first kappa shape index (κ1) is 19.3. The molecule has 1 fully saturated rings. The summed E-state index contributed by atoms with van der Waals surface area (Å²) in [7, 11) is 0. The van der Waals surface area contributed by atoms with E-state index in [2.05, 4.69) is 10.2 Å². The van der Waals surface area contributed by atoms with E-state index in [1.807, 2.05) is 33.8 Å². The molecule has 1 aliphatic heterocycles. The molecule has 1 heterocycles. The molecule has 1 aromatic carbocycles. The number of hydrogen-bond donors (Lipinski definition) is 1. The predicted molar refractivity (Wildman–Crippen MR) is 96.7 cm³/mol. The van der Waals surface area contributed by atoms with Crippen molar-refractivity contribution in [3.05, 3.63) is 24.0 Å². The number of anilines is 1. The number of carbonyl (C=O) groups excluding carboxylic acids is 1. The van der Waals surface area contributed by atoms with Crippen LogP contribution in [0.4, 0.5) is 14.9 Å². The normalized spacial score (nSPS) is 15.8. The summed E-state index contributed by atoms with van der Waals surface area (Å²) in [5.41, 5.74) is 0.320. The molecule has 1 amide bonds. The van der Waals surface area contributed by atoms with Crippen LogP contribution < -0.4 is 15.0 Å². The fraction of sp³-hybridized carbons (Fsp3) is 0.632. The number of amides is 1. The Balaban J connectivity index is 1.86. The first-order valence-electron chi connectivity index (χ1n) is 8.93.